The van der Waals surface area contributed by atoms with E-state index in [9.17, 15) is 13.2 Å². The van der Waals surface area contributed by atoms with Crippen molar-refractivity contribution in [1.29, 1.82) is 0 Å². The lowest BCUT2D eigenvalue weighted by Crippen LogP contribution is -2.43. The maximum Gasteiger partial charge on any atom is 0.223 e. The number of sulfonamides is 1. The summed E-state index contributed by atoms with van der Waals surface area (Å²) in [5.41, 5.74) is 1.33. The van der Waals surface area contributed by atoms with E-state index in [1.165, 1.54) is 9.87 Å². The highest BCUT2D eigenvalue weighted by Gasteiger charge is 2.29. The van der Waals surface area contributed by atoms with Crippen LogP contribution in [0.4, 0.5) is 0 Å². The molecule has 8 heteroatoms. The molecule has 1 amide bonds. The Kier molecular flexibility index (Phi) is 7.39. The first-order valence-corrected chi connectivity index (χ1v) is 11.6. The van der Waals surface area contributed by atoms with Gasteiger partial charge in [-0.25, -0.2) is 12.7 Å². The van der Waals surface area contributed by atoms with Gasteiger partial charge >= 0.3 is 0 Å². The van der Waals surface area contributed by atoms with E-state index in [1.54, 1.807) is 18.3 Å². The Bertz CT molecular complexity index is 579. The second-order valence-electron chi connectivity index (χ2n) is 5.55. The number of thiophene rings is 1. The molecule has 130 valence electrons. The lowest BCUT2D eigenvalue weighted by Gasteiger charge is -2.30. The predicted octanol–water partition coefficient (Wildman–Crippen LogP) is 2.16. The molecule has 1 aliphatic rings. The van der Waals surface area contributed by atoms with Crippen molar-refractivity contribution < 1.29 is 13.2 Å². The van der Waals surface area contributed by atoms with Crippen molar-refractivity contribution in [1.82, 2.24) is 9.62 Å². The van der Waals surface area contributed by atoms with Crippen molar-refractivity contribution >= 4 is 39.0 Å². The first kappa shape index (κ1) is 18.8. The molecule has 1 aliphatic heterocycles. The number of nitrogens with one attached hydrogen (secondary N) is 1. The van der Waals surface area contributed by atoms with E-state index in [-0.39, 0.29) is 17.6 Å². The van der Waals surface area contributed by atoms with Crippen molar-refractivity contribution in [3.05, 3.63) is 22.4 Å². The minimum Gasteiger partial charge on any atom is -0.355 e. The largest absolute Gasteiger partial charge is 0.355 e. The summed E-state index contributed by atoms with van der Waals surface area (Å²) in [7, 11) is -3.12. The van der Waals surface area contributed by atoms with Gasteiger partial charge in [-0.15, -0.1) is 0 Å². The number of thioether (sulfide) groups is 1. The van der Waals surface area contributed by atoms with Crippen LogP contribution in [0.25, 0.3) is 0 Å². The molecular formula is C15H24N2O3S3. The molecule has 1 aromatic heterocycles. The number of hydrogen-bond donors (Lipinski definition) is 1. The average Bonchev–Trinajstić information content (AvgIpc) is 3.08. The zero-order valence-corrected chi connectivity index (χ0v) is 15.8. The molecule has 0 saturated carbocycles. The first-order valence-electron chi connectivity index (χ1n) is 7.87. The molecule has 0 aliphatic carbocycles. The van der Waals surface area contributed by atoms with Gasteiger partial charge in [-0.3, -0.25) is 4.79 Å². The van der Waals surface area contributed by atoms with Crippen molar-refractivity contribution in [2.24, 2.45) is 5.92 Å². The van der Waals surface area contributed by atoms with Crippen LogP contribution in [0.15, 0.2) is 16.8 Å². The molecule has 2 rings (SSSR count). The Hall–Kier alpha value is -0.570. The van der Waals surface area contributed by atoms with E-state index < -0.39 is 10.0 Å². The minimum absolute atomic E-state index is 0.0554. The summed E-state index contributed by atoms with van der Waals surface area (Å²) in [5.74, 6) is 2.01. The van der Waals surface area contributed by atoms with Crippen molar-refractivity contribution in [3.63, 3.8) is 0 Å². The smallest absolute Gasteiger partial charge is 0.223 e. The Morgan fingerprint density at radius 2 is 2.17 bits per heavy atom. The molecule has 0 spiro atoms. The Balaban J connectivity index is 1.61. The predicted molar refractivity (Wildman–Crippen MR) is 97.2 cm³/mol. The molecule has 0 aromatic carbocycles. The molecular weight excluding hydrogens is 352 g/mol. The molecule has 1 aromatic rings. The van der Waals surface area contributed by atoms with Gasteiger partial charge in [0.2, 0.25) is 15.9 Å². The third-order valence-electron chi connectivity index (χ3n) is 3.98. The topological polar surface area (TPSA) is 66.5 Å². The van der Waals surface area contributed by atoms with E-state index >= 15 is 0 Å². The molecule has 0 unspecified atom stereocenters. The fourth-order valence-corrected chi connectivity index (χ4v) is 5.25. The van der Waals surface area contributed by atoms with Crippen LogP contribution in [-0.4, -0.2) is 49.8 Å². The van der Waals surface area contributed by atoms with E-state index in [0.717, 1.165) is 11.5 Å². The summed E-state index contributed by atoms with van der Waals surface area (Å²) in [6, 6.07) is 2.12. The van der Waals surface area contributed by atoms with Gasteiger partial charge in [0.05, 0.1) is 5.75 Å². The molecule has 1 fully saturated rings. The highest BCUT2D eigenvalue weighted by molar-refractivity contribution is 7.98. The van der Waals surface area contributed by atoms with Crippen molar-refractivity contribution in [2.75, 3.05) is 31.1 Å². The van der Waals surface area contributed by atoms with Crippen molar-refractivity contribution in [2.45, 2.75) is 25.5 Å². The van der Waals surface area contributed by atoms with Gasteiger partial charge in [0, 0.05) is 37.1 Å². The Labute approximate surface area is 146 Å². The summed E-state index contributed by atoms with van der Waals surface area (Å²) >= 11 is 3.51. The monoisotopic (exact) mass is 376 g/mol. The van der Waals surface area contributed by atoms with Gasteiger partial charge in [-0.1, -0.05) is 0 Å². The molecule has 0 bridgehead atoms. The number of carbonyl (C=O) groups is 1. The summed E-state index contributed by atoms with van der Waals surface area (Å²) in [6.07, 6.45) is 1.24. The summed E-state index contributed by atoms with van der Waals surface area (Å²) in [6.45, 7) is 3.24. The maximum atomic E-state index is 12.1. The standard InChI is InChI=1S/C15H24N2O3S3/c1-2-23(19,20)17-7-3-14(4-8-17)15(18)16-6-10-22-12-13-5-9-21-11-13/h5,9,11,14H,2-4,6-8,10,12H2,1H3,(H,16,18). The molecule has 1 saturated heterocycles. The van der Waals surface area contributed by atoms with E-state index in [0.29, 0.717) is 32.5 Å². The number of nitrogens with zero attached hydrogens (tertiary/aromatic N) is 1. The number of rotatable bonds is 8. The van der Waals surface area contributed by atoms with Crippen LogP contribution in [0.2, 0.25) is 0 Å². The van der Waals surface area contributed by atoms with Crippen LogP contribution in [0.3, 0.4) is 0 Å². The van der Waals surface area contributed by atoms with Crippen LogP contribution in [0, 0.1) is 5.92 Å². The summed E-state index contributed by atoms with van der Waals surface area (Å²) in [5, 5.41) is 7.19. The zero-order valence-electron chi connectivity index (χ0n) is 13.4. The van der Waals surface area contributed by atoms with E-state index in [4.69, 9.17) is 0 Å². The number of carbonyl (C=O) groups excluding carboxylic acids is 1. The Morgan fingerprint density at radius 1 is 1.43 bits per heavy atom. The van der Waals surface area contributed by atoms with Gasteiger partial charge in [-0.2, -0.15) is 23.1 Å². The zero-order chi connectivity index (χ0) is 16.7. The average molecular weight is 377 g/mol. The van der Waals surface area contributed by atoms with Crippen LogP contribution >= 0.6 is 23.1 Å². The fourth-order valence-electron chi connectivity index (χ4n) is 2.53. The van der Waals surface area contributed by atoms with E-state index in [1.807, 2.05) is 11.8 Å². The maximum absolute atomic E-state index is 12.1. The lowest BCUT2D eigenvalue weighted by molar-refractivity contribution is -0.125. The third-order valence-corrected chi connectivity index (χ3v) is 7.62. The second-order valence-corrected chi connectivity index (χ2v) is 9.69. The van der Waals surface area contributed by atoms with Crippen LogP contribution in [0.1, 0.15) is 25.3 Å². The summed E-state index contributed by atoms with van der Waals surface area (Å²) in [4.78, 5) is 12.1. The number of hydrogen-bond acceptors (Lipinski definition) is 5. The van der Waals surface area contributed by atoms with Crippen molar-refractivity contribution in [3.8, 4) is 0 Å². The molecule has 23 heavy (non-hydrogen) atoms. The van der Waals surface area contributed by atoms with Gasteiger partial charge in [0.15, 0.2) is 0 Å². The first-order chi connectivity index (χ1) is 11.0. The molecule has 1 N–H and O–H groups in total. The van der Waals surface area contributed by atoms with Gasteiger partial charge < -0.3 is 5.32 Å². The lowest BCUT2D eigenvalue weighted by atomic mass is 9.97. The van der Waals surface area contributed by atoms with Crippen LogP contribution in [-0.2, 0) is 20.6 Å². The third kappa shape index (κ3) is 5.77. The number of amides is 1. The molecule has 2 heterocycles. The van der Waals surface area contributed by atoms with Gasteiger partial charge in [-0.05, 0) is 42.2 Å². The highest BCUT2D eigenvalue weighted by Crippen LogP contribution is 2.20. The molecule has 5 nitrogen and oxygen atoms in total. The van der Waals surface area contributed by atoms with Crippen LogP contribution < -0.4 is 5.32 Å². The Morgan fingerprint density at radius 3 is 2.78 bits per heavy atom. The van der Waals surface area contributed by atoms with Crippen LogP contribution in [0.5, 0.6) is 0 Å². The highest BCUT2D eigenvalue weighted by atomic mass is 32.2. The van der Waals surface area contributed by atoms with Gasteiger partial charge in [0.1, 0.15) is 0 Å². The quantitative estimate of drug-likeness (QED) is 0.706. The molecule has 0 atom stereocenters. The van der Waals surface area contributed by atoms with Gasteiger partial charge in [0.25, 0.3) is 0 Å². The van der Waals surface area contributed by atoms with E-state index in [2.05, 4.69) is 22.1 Å². The summed E-state index contributed by atoms with van der Waals surface area (Å²) < 4.78 is 25.1. The normalized spacial score (nSPS) is 17.3. The molecule has 0 radical (unpaired) electrons. The second kappa shape index (κ2) is 9.05. The minimum atomic E-state index is -3.12. The SMILES string of the molecule is CCS(=O)(=O)N1CCC(C(=O)NCCSCc2ccsc2)CC1. The fraction of sp³-hybridized carbons (Fsp3) is 0.667. The number of piperidine rings is 1.